The molecule has 4 aromatic carbocycles. The van der Waals surface area contributed by atoms with E-state index < -0.39 is 5.97 Å². The standard InChI is InChI=1S/C36H32N4O4/c1-43-26-10-6-7-22(17-26)29-20-27(44-2)13-14-28(29)33-21-37-31-18-23(11-15-30(31)38-33)35-39-32-19-24(36(41)42)12-16-34(32)40(35)25-8-4-3-5-9-25/h6-7,10-21,25H,3-5,8-9H2,1-2H3,(H,41,42). The van der Waals surface area contributed by atoms with Crippen LogP contribution in [0.25, 0.3) is 55.8 Å². The fourth-order valence-electron chi connectivity index (χ4n) is 6.33. The number of carboxylic acids is 1. The van der Waals surface area contributed by atoms with E-state index in [0.717, 1.165) is 74.7 Å². The first-order valence-electron chi connectivity index (χ1n) is 14.9. The number of hydrogen-bond donors (Lipinski definition) is 1. The first kappa shape index (κ1) is 27.6. The minimum Gasteiger partial charge on any atom is -0.497 e. The normalized spacial score (nSPS) is 13.8. The summed E-state index contributed by atoms with van der Waals surface area (Å²) in [5.41, 5.74) is 7.99. The van der Waals surface area contributed by atoms with Gasteiger partial charge in [-0.05, 0) is 90.7 Å². The minimum absolute atomic E-state index is 0.237. The topological polar surface area (TPSA) is 99.4 Å². The molecule has 2 aromatic heterocycles. The molecule has 6 aromatic rings. The van der Waals surface area contributed by atoms with Crippen molar-refractivity contribution in [2.75, 3.05) is 14.2 Å². The third kappa shape index (κ3) is 5.02. The van der Waals surface area contributed by atoms with Crippen molar-refractivity contribution >= 4 is 28.0 Å². The van der Waals surface area contributed by atoms with Gasteiger partial charge in [0.15, 0.2) is 0 Å². The van der Waals surface area contributed by atoms with E-state index in [1.54, 1.807) is 32.5 Å². The Morgan fingerprint density at radius 2 is 1.59 bits per heavy atom. The molecule has 7 rings (SSSR count). The molecule has 0 bridgehead atoms. The summed E-state index contributed by atoms with van der Waals surface area (Å²) in [6.07, 6.45) is 7.54. The van der Waals surface area contributed by atoms with Crippen molar-refractivity contribution in [2.24, 2.45) is 0 Å². The van der Waals surface area contributed by atoms with E-state index in [1.807, 2.05) is 66.7 Å². The molecular formula is C36H32N4O4. The summed E-state index contributed by atoms with van der Waals surface area (Å²) >= 11 is 0. The van der Waals surface area contributed by atoms with Crippen molar-refractivity contribution in [3.63, 3.8) is 0 Å². The van der Waals surface area contributed by atoms with Crippen molar-refractivity contribution in [1.29, 1.82) is 0 Å². The van der Waals surface area contributed by atoms with E-state index in [4.69, 9.17) is 24.4 Å². The Bertz CT molecular complexity index is 2030. The Hall–Kier alpha value is -5.24. The first-order chi connectivity index (χ1) is 21.5. The average molecular weight is 585 g/mol. The molecular weight excluding hydrogens is 552 g/mol. The molecule has 1 aliphatic rings. The number of aromatic carboxylic acids is 1. The Kier molecular flexibility index (Phi) is 7.18. The van der Waals surface area contributed by atoms with Crippen molar-refractivity contribution in [3.8, 4) is 45.3 Å². The molecule has 44 heavy (non-hydrogen) atoms. The highest BCUT2D eigenvalue weighted by molar-refractivity contribution is 5.94. The number of aromatic nitrogens is 4. The van der Waals surface area contributed by atoms with Gasteiger partial charge in [-0.3, -0.25) is 4.98 Å². The number of ether oxygens (including phenoxy) is 2. The summed E-state index contributed by atoms with van der Waals surface area (Å²) in [5.74, 6) is 1.40. The van der Waals surface area contributed by atoms with E-state index >= 15 is 0 Å². The molecule has 8 nitrogen and oxygen atoms in total. The molecule has 1 N–H and O–H groups in total. The number of fused-ring (bicyclic) bond motifs is 2. The van der Waals surface area contributed by atoms with E-state index in [9.17, 15) is 9.90 Å². The molecule has 0 atom stereocenters. The summed E-state index contributed by atoms with van der Waals surface area (Å²) in [7, 11) is 3.32. The van der Waals surface area contributed by atoms with Gasteiger partial charge in [-0.15, -0.1) is 0 Å². The van der Waals surface area contributed by atoms with Crippen molar-refractivity contribution in [2.45, 2.75) is 38.1 Å². The van der Waals surface area contributed by atoms with Crippen LogP contribution in [0.2, 0.25) is 0 Å². The highest BCUT2D eigenvalue weighted by Crippen LogP contribution is 2.38. The number of hydrogen-bond acceptors (Lipinski definition) is 6. The van der Waals surface area contributed by atoms with Gasteiger partial charge < -0.3 is 19.1 Å². The quantitative estimate of drug-likeness (QED) is 0.202. The second-order valence-corrected chi connectivity index (χ2v) is 11.2. The average Bonchev–Trinajstić information content (AvgIpc) is 3.47. The van der Waals surface area contributed by atoms with Crippen molar-refractivity contribution in [1.82, 2.24) is 19.5 Å². The van der Waals surface area contributed by atoms with E-state index in [2.05, 4.69) is 4.57 Å². The maximum absolute atomic E-state index is 11.7. The maximum atomic E-state index is 11.7. The predicted octanol–water partition coefficient (Wildman–Crippen LogP) is 8.20. The molecule has 1 aliphatic carbocycles. The lowest BCUT2D eigenvalue weighted by molar-refractivity contribution is 0.0697. The third-order valence-electron chi connectivity index (χ3n) is 8.56. The van der Waals surface area contributed by atoms with Crippen LogP contribution in [0, 0.1) is 0 Å². The molecule has 220 valence electrons. The maximum Gasteiger partial charge on any atom is 0.335 e. The molecule has 0 unspecified atom stereocenters. The largest absolute Gasteiger partial charge is 0.497 e. The Morgan fingerprint density at radius 1 is 0.773 bits per heavy atom. The van der Waals surface area contributed by atoms with Gasteiger partial charge >= 0.3 is 5.97 Å². The fraction of sp³-hybridized carbons (Fsp3) is 0.222. The van der Waals surface area contributed by atoms with E-state index in [0.29, 0.717) is 11.6 Å². The molecule has 0 amide bonds. The summed E-state index contributed by atoms with van der Waals surface area (Å²) in [6.45, 7) is 0. The van der Waals surface area contributed by atoms with Crippen LogP contribution in [-0.4, -0.2) is 44.8 Å². The van der Waals surface area contributed by atoms with Gasteiger partial charge in [0, 0.05) is 17.2 Å². The van der Waals surface area contributed by atoms with Gasteiger partial charge in [-0.1, -0.05) is 31.4 Å². The second kappa shape index (κ2) is 11.4. The molecule has 2 heterocycles. The molecule has 0 spiro atoms. The number of carbonyl (C=O) groups is 1. The van der Waals surface area contributed by atoms with Crippen LogP contribution >= 0.6 is 0 Å². The lowest BCUT2D eigenvalue weighted by Crippen LogP contribution is -2.14. The molecule has 0 saturated heterocycles. The van der Waals surface area contributed by atoms with Gasteiger partial charge in [0.1, 0.15) is 17.3 Å². The zero-order valence-corrected chi connectivity index (χ0v) is 24.7. The highest BCUT2D eigenvalue weighted by atomic mass is 16.5. The van der Waals surface area contributed by atoms with Gasteiger partial charge in [0.25, 0.3) is 0 Å². The molecule has 0 aliphatic heterocycles. The number of nitrogens with zero attached hydrogens (tertiary/aromatic N) is 4. The van der Waals surface area contributed by atoms with Crippen LogP contribution in [0.15, 0.2) is 85.1 Å². The summed E-state index contributed by atoms with van der Waals surface area (Å²) in [4.78, 5) is 26.5. The molecule has 0 radical (unpaired) electrons. The van der Waals surface area contributed by atoms with E-state index in [1.165, 1.54) is 19.3 Å². The van der Waals surface area contributed by atoms with Crippen LogP contribution in [0.1, 0.15) is 48.5 Å². The van der Waals surface area contributed by atoms with E-state index in [-0.39, 0.29) is 5.56 Å². The van der Waals surface area contributed by atoms with Gasteiger partial charge in [-0.25, -0.2) is 14.8 Å². The van der Waals surface area contributed by atoms with Gasteiger partial charge in [0.05, 0.1) is 53.7 Å². The Morgan fingerprint density at radius 3 is 2.39 bits per heavy atom. The highest BCUT2D eigenvalue weighted by Gasteiger charge is 2.23. The number of benzene rings is 4. The minimum atomic E-state index is -0.955. The predicted molar refractivity (Wildman–Crippen MR) is 171 cm³/mol. The number of methoxy groups -OCH3 is 2. The summed E-state index contributed by atoms with van der Waals surface area (Å²) in [6, 6.07) is 25.5. The van der Waals surface area contributed by atoms with Gasteiger partial charge in [0.2, 0.25) is 0 Å². The van der Waals surface area contributed by atoms with Crippen LogP contribution in [-0.2, 0) is 0 Å². The zero-order valence-electron chi connectivity index (χ0n) is 24.7. The first-order valence-corrected chi connectivity index (χ1v) is 14.9. The molecule has 1 fully saturated rings. The lowest BCUT2D eigenvalue weighted by atomic mass is 9.94. The van der Waals surface area contributed by atoms with Crippen LogP contribution in [0.4, 0.5) is 0 Å². The lowest BCUT2D eigenvalue weighted by Gasteiger charge is -2.25. The van der Waals surface area contributed by atoms with Gasteiger partial charge in [-0.2, -0.15) is 0 Å². The third-order valence-corrected chi connectivity index (χ3v) is 8.56. The van der Waals surface area contributed by atoms with Crippen LogP contribution < -0.4 is 9.47 Å². The Labute approximate surface area is 255 Å². The molecule has 1 saturated carbocycles. The summed E-state index contributed by atoms with van der Waals surface area (Å²) < 4.78 is 13.3. The monoisotopic (exact) mass is 584 g/mol. The summed E-state index contributed by atoms with van der Waals surface area (Å²) in [5, 5.41) is 9.58. The number of imidazole rings is 1. The number of carboxylic acid groups (broad SMARTS) is 1. The fourth-order valence-corrected chi connectivity index (χ4v) is 6.33. The second-order valence-electron chi connectivity index (χ2n) is 11.2. The number of rotatable bonds is 7. The SMILES string of the molecule is COc1cccc(-c2cc(OC)ccc2-c2cnc3cc(-c4nc5cc(C(=O)O)ccc5n4C4CCCCC4)ccc3n2)c1. The van der Waals surface area contributed by atoms with Crippen LogP contribution in [0.3, 0.4) is 0 Å². The molecule has 8 heteroatoms. The Balaban J connectivity index is 1.32. The van der Waals surface area contributed by atoms with Crippen LogP contribution in [0.5, 0.6) is 11.5 Å². The smallest absolute Gasteiger partial charge is 0.335 e. The van der Waals surface area contributed by atoms with Crippen molar-refractivity contribution in [3.05, 3.63) is 90.6 Å². The zero-order chi connectivity index (χ0) is 30.2. The van der Waals surface area contributed by atoms with Crippen molar-refractivity contribution < 1.29 is 19.4 Å².